The van der Waals surface area contributed by atoms with E-state index in [9.17, 15) is 4.79 Å². The minimum Gasteiger partial charge on any atom is -0.497 e. The molecule has 0 bridgehead atoms. The zero-order chi connectivity index (χ0) is 16.2. The van der Waals surface area contributed by atoms with E-state index < -0.39 is 0 Å². The second kappa shape index (κ2) is 6.83. The fourth-order valence-corrected chi connectivity index (χ4v) is 3.04. The summed E-state index contributed by atoms with van der Waals surface area (Å²) in [4.78, 5) is 14.1. The molecule has 0 aliphatic carbocycles. The monoisotopic (exact) mass is 314 g/mol. The lowest BCUT2D eigenvalue weighted by atomic mass is 10.1. The van der Waals surface area contributed by atoms with Crippen molar-refractivity contribution in [2.24, 2.45) is 0 Å². The standard InChI is InChI=1S/C17H22N4O2/c1-18-17(22)9-15-12-20(11-14-7-8-19-21(14)15)10-13-3-5-16(23-2)6-4-13/h3-8,15H,9-12H2,1-2H3,(H,18,22). The van der Waals surface area contributed by atoms with Gasteiger partial charge in [-0.05, 0) is 23.8 Å². The number of carbonyl (C=O) groups excluding carboxylic acids is 1. The SMILES string of the molecule is CNC(=O)CC1CN(Cc2ccc(OC)cc2)Cc2ccnn21. The molecular formula is C17H22N4O2. The molecule has 0 saturated heterocycles. The van der Waals surface area contributed by atoms with Crippen LogP contribution in [0.4, 0.5) is 0 Å². The summed E-state index contributed by atoms with van der Waals surface area (Å²) < 4.78 is 7.18. The van der Waals surface area contributed by atoms with Gasteiger partial charge in [0, 0.05) is 32.9 Å². The third-order valence-electron chi connectivity index (χ3n) is 4.22. The number of benzene rings is 1. The molecule has 6 nitrogen and oxygen atoms in total. The number of nitrogens with zero attached hydrogens (tertiary/aromatic N) is 3. The fraction of sp³-hybridized carbons (Fsp3) is 0.412. The topological polar surface area (TPSA) is 59.4 Å². The number of hydrogen-bond donors (Lipinski definition) is 1. The molecule has 0 radical (unpaired) electrons. The van der Waals surface area contributed by atoms with Gasteiger partial charge in [0.2, 0.25) is 5.91 Å². The zero-order valence-corrected chi connectivity index (χ0v) is 13.5. The van der Waals surface area contributed by atoms with Gasteiger partial charge in [0.15, 0.2) is 0 Å². The second-order valence-electron chi connectivity index (χ2n) is 5.82. The maximum atomic E-state index is 11.8. The van der Waals surface area contributed by atoms with Crippen LogP contribution in [0.25, 0.3) is 0 Å². The molecule has 3 rings (SSSR count). The number of aromatic nitrogens is 2. The van der Waals surface area contributed by atoms with E-state index in [1.165, 1.54) is 5.56 Å². The molecule has 1 aromatic carbocycles. The Labute approximate surface area is 136 Å². The summed E-state index contributed by atoms with van der Waals surface area (Å²) in [6, 6.07) is 10.2. The summed E-state index contributed by atoms with van der Waals surface area (Å²) in [5.74, 6) is 0.908. The maximum Gasteiger partial charge on any atom is 0.221 e. The first-order valence-electron chi connectivity index (χ1n) is 7.78. The van der Waals surface area contributed by atoms with Gasteiger partial charge in [0.05, 0.1) is 25.3 Å². The van der Waals surface area contributed by atoms with Gasteiger partial charge in [-0.15, -0.1) is 0 Å². The highest BCUT2D eigenvalue weighted by molar-refractivity contribution is 5.76. The van der Waals surface area contributed by atoms with Crippen LogP contribution in [0, 0.1) is 0 Å². The molecule has 1 aliphatic rings. The Hall–Kier alpha value is -2.34. The molecule has 122 valence electrons. The van der Waals surface area contributed by atoms with Crippen LogP contribution in [0.2, 0.25) is 0 Å². The van der Waals surface area contributed by atoms with Crippen LogP contribution in [0.5, 0.6) is 5.75 Å². The van der Waals surface area contributed by atoms with Crippen LogP contribution >= 0.6 is 0 Å². The van der Waals surface area contributed by atoms with Crippen molar-refractivity contribution in [3.8, 4) is 5.75 Å². The van der Waals surface area contributed by atoms with Crippen molar-refractivity contribution in [2.75, 3.05) is 20.7 Å². The number of rotatable bonds is 5. The first kappa shape index (κ1) is 15.6. The number of fused-ring (bicyclic) bond motifs is 1. The van der Waals surface area contributed by atoms with Gasteiger partial charge in [-0.25, -0.2) is 0 Å². The van der Waals surface area contributed by atoms with E-state index in [0.29, 0.717) is 6.42 Å². The van der Waals surface area contributed by atoms with Crippen molar-refractivity contribution in [3.63, 3.8) is 0 Å². The quantitative estimate of drug-likeness (QED) is 0.910. The molecule has 2 heterocycles. The van der Waals surface area contributed by atoms with Crippen molar-refractivity contribution >= 4 is 5.91 Å². The van der Waals surface area contributed by atoms with Crippen LogP contribution in [0.3, 0.4) is 0 Å². The average molecular weight is 314 g/mol. The van der Waals surface area contributed by atoms with Crippen molar-refractivity contribution in [3.05, 3.63) is 47.8 Å². The van der Waals surface area contributed by atoms with E-state index in [-0.39, 0.29) is 11.9 Å². The van der Waals surface area contributed by atoms with Gasteiger partial charge in [-0.3, -0.25) is 14.4 Å². The van der Waals surface area contributed by atoms with E-state index >= 15 is 0 Å². The molecular weight excluding hydrogens is 292 g/mol. The predicted octanol–water partition coefficient (Wildman–Crippen LogP) is 1.58. The molecule has 1 amide bonds. The predicted molar refractivity (Wildman–Crippen MR) is 87.1 cm³/mol. The molecule has 1 aliphatic heterocycles. The maximum absolute atomic E-state index is 11.8. The second-order valence-corrected chi connectivity index (χ2v) is 5.82. The van der Waals surface area contributed by atoms with Crippen LogP contribution in [-0.2, 0) is 17.9 Å². The highest BCUT2D eigenvalue weighted by Gasteiger charge is 2.27. The number of amides is 1. The van der Waals surface area contributed by atoms with Crippen LogP contribution < -0.4 is 10.1 Å². The van der Waals surface area contributed by atoms with Crippen LogP contribution in [0.1, 0.15) is 23.7 Å². The lowest BCUT2D eigenvalue weighted by Crippen LogP contribution is -2.39. The number of nitrogens with one attached hydrogen (secondary N) is 1. The van der Waals surface area contributed by atoms with Gasteiger partial charge in [0.25, 0.3) is 0 Å². The van der Waals surface area contributed by atoms with Gasteiger partial charge in [-0.1, -0.05) is 12.1 Å². The molecule has 0 fully saturated rings. The highest BCUT2D eigenvalue weighted by atomic mass is 16.5. The highest BCUT2D eigenvalue weighted by Crippen LogP contribution is 2.24. The van der Waals surface area contributed by atoms with E-state index in [0.717, 1.165) is 31.1 Å². The van der Waals surface area contributed by atoms with Gasteiger partial charge < -0.3 is 10.1 Å². The van der Waals surface area contributed by atoms with E-state index in [1.54, 1.807) is 14.2 Å². The average Bonchev–Trinajstić information content (AvgIpc) is 3.04. The van der Waals surface area contributed by atoms with E-state index in [4.69, 9.17) is 4.74 Å². The minimum atomic E-state index is 0.0442. The Bertz CT molecular complexity index is 665. The summed E-state index contributed by atoms with van der Waals surface area (Å²) in [7, 11) is 3.34. The molecule has 1 unspecified atom stereocenters. The van der Waals surface area contributed by atoms with E-state index in [2.05, 4.69) is 27.4 Å². The Morgan fingerprint density at radius 3 is 2.83 bits per heavy atom. The summed E-state index contributed by atoms with van der Waals surface area (Å²) in [5.41, 5.74) is 2.39. The Balaban J connectivity index is 1.72. The van der Waals surface area contributed by atoms with Gasteiger partial charge in [-0.2, -0.15) is 5.10 Å². The van der Waals surface area contributed by atoms with Gasteiger partial charge >= 0.3 is 0 Å². The lowest BCUT2D eigenvalue weighted by Gasteiger charge is -2.33. The molecule has 6 heteroatoms. The molecule has 1 N–H and O–H groups in total. The zero-order valence-electron chi connectivity index (χ0n) is 13.5. The van der Waals surface area contributed by atoms with Crippen LogP contribution in [-0.4, -0.2) is 41.3 Å². The van der Waals surface area contributed by atoms with Crippen LogP contribution in [0.15, 0.2) is 36.5 Å². The molecule has 2 aromatic rings. The van der Waals surface area contributed by atoms with Crippen molar-refractivity contribution < 1.29 is 9.53 Å². The third kappa shape index (κ3) is 3.53. The molecule has 1 aromatic heterocycles. The number of methoxy groups -OCH3 is 1. The number of hydrogen-bond acceptors (Lipinski definition) is 4. The normalized spacial score (nSPS) is 17.6. The smallest absolute Gasteiger partial charge is 0.221 e. The molecule has 23 heavy (non-hydrogen) atoms. The lowest BCUT2D eigenvalue weighted by molar-refractivity contribution is -0.121. The fourth-order valence-electron chi connectivity index (χ4n) is 3.04. The summed E-state index contributed by atoms with van der Waals surface area (Å²) in [6.07, 6.45) is 2.26. The number of ether oxygens (including phenoxy) is 1. The van der Waals surface area contributed by atoms with Crippen molar-refractivity contribution in [1.29, 1.82) is 0 Å². The molecule has 1 atom stereocenters. The number of carbonyl (C=O) groups is 1. The Morgan fingerprint density at radius 1 is 1.35 bits per heavy atom. The minimum absolute atomic E-state index is 0.0442. The first-order chi connectivity index (χ1) is 11.2. The van der Waals surface area contributed by atoms with Crippen molar-refractivity contribution in [2.45, 2.75) is 25.6 Å². The molecule has 0 spiro atoms. The molecule has 0 saturated carbocycles. The third-order valence-corrected chi connectivity index (χ3v) is 4.22. The largest absolute Gasteiger partial charge is 0.497 e. The Morgan fingerprint density at radius 2 is 2.13 bits per heavy atom. The van der Waals surface area contributed by atoms with Crippen molar-refractivity contribution in [1.82, 2.24) is 20.0 Å². The first-order valence-corrected chi connectivity index (χ1v) is 7.78. The van der Waals surface area contributed by atoms with E-state index in [1.807, 2.05) is 29.1 Å². The Kier molecular flexibility index (Phi) is 4.62. The summed E-state index contributed by atoms with van der Waals surface area (Å²) in [6.45, 7) is 2.50. The summed E-state index contributed by atoms with van der Waals surface area (Å²) >= 11 is 0. The summed E-state index contributed by atoms with van der Waals surface area (Å²) in [5, 5.41) is 7.08. The van der Waals surface area contributed by atoms with Gasteiger partial charge in [0.1, 0.15) is 5.75 Å².